The van der Waals surface area contributed by atoms with Crippen molar-refractivity contribution in [1.29, 1.82) is 0 Å². The number of thiophene rings is 1. The van der Waals surface area contributed by atoms with Crippen molar-refractivity contribution in [2.24, 2.45) is 0 Å². The van der Waals surface area contributed by atoms with Crippen molar-refractivity contribution in [1.82, 2.24) is 15.8 Å². The molecule has 0 aliphatic carbocycles. The Morgan fingerprint density at radius 2 is 1.96 bits per heavy atom. The first kappa shape index (κ1) is 16.1. The summed E-state index contributed by atoms with van der Waals surface area (Å²) in [4.78, 5) is 26.0. The van der Waals surface area contributed by atoms with Gasteiger partial charge < -0.3 is 9.32 Å². The van der Waals surface area contributed by atoms with Crippen molar-refractivity contribution < 1.29 is 14.0 Å². The molecule has 0 aliphatic rings. The predicted octanol–water partition coefficient (Wildman–Crippen LogP) is 3.54. The Bertz CT molecular complexity index is 824. The van der Waals surface area contributed by atoms with E-state index < -0.39 is 6.03 Å². The third kappa shape index (κ3) is 3.26. The number of nitrogens with one attached hydrogen (secondary N) is 2. The zero-order valence-corrected chi connectivity index (χ0v) is 14.1. The summed E-state index contributed by atoms with van der Waals surface area (Å²) in [5.41, 5.74) is 5.58. The SMILES string of the molecule is CC(c1cc2ccccc2o1)N(C)C(=O)NNC(=O)c1cccs1. The van der Waals surface area contributed by atoms with Gasteiger partial charge in [0.1, 0.15) is 11.3 Å². The summed E-state index contributed by atoms with van der Waals surface area (Å²) in [6, 6.07) is 12.3. The number of rotatable bonds is 3. The number of carbonyl (C=O) groups is 2. The van der Waals surface area contributed by atoms with E-state index in [4.69, 9.17) is 4.42 Å². The van der Waals surface area contributed by atoms with Crippen LogP contribution in [0.2, 0.25) is 0 Å². The van der Waals surface area contributed by atoms with E-state index in [1.54, 1.807) is 24.6 Å². The summed E-state index contributed by atoms with van der Waals surface area (Å²) in [5.74, 6) is 0.335. The van der Waals surface area contributed by atoms with E-state index in [-0.39, 0.29) is 11.9 Å². The van der Waals surface area contributed by atoms with E-state index in [1.165, 1.54) is 16.2 Å². The molecule has 0 spiro atoms. The van der Waals surface area contributed by atoms with Gasteiger partial charge in [-0.2, -0.15) is 0 Å². The molecule has 24 heavy (non-hydrogen) atoms. The lowest BCUT2D eigenvalue weighted by molar-refractivity contribution is 0.0932. The molecule has 2 N–H and O–H groups in total. The zero-order chi connectivity index (χ0) is 17.1. The van der Waals surface area contributed by atoms with Crippen LogP contribution in [0.4, 0.5) is 4.79 Å². The molecule has 3 rings (SSSR count). The Labute approximate surface area is 143 Å². The lowest BCUT2D eigenvalue weighted by atomic mass is 10.2. The fraction of sp³-hybridized carbons (Fsp3) is 0.176. The highest BCUT2D eigenvalue weighted by atomic mass is 32.1. The molecule has 2 aromatic heterocycles. The van der Waals surface area contributed by atoms with Gasteiger partial charge in [-0.25, -0.2) is 10.2 Å². The Hall–Kier alpha value is -2.80. The van der Waals surface area contributed by atoms with Gasteiger partial charge in [-0.3, -0.25) is 10.2 Å². The summed E-state index contributed by atoms with van der Waals surface area (Å²) in [6.07, 6.45) is 0. The van der Waals surface area contributed by atoms with Crippen LogP contribution in [0.3, 0.4) is 0 Å². The maximum absolute atomic E-state index is 12.2. The molecule has 0 saturated heterocycles. The van der Waals surface area contributed by atoms with Crippen LogP contribution in [-0.2, 0) is 0 Å². The number of hydrogen-bond donors (Lipinski definition) is 2. The monoisotopic (exact) mass is 343 g/mol. The average Bonchev–Trinajstić information content (AvgIpc) is 3.26. The third-order valence-corrected chi connectivity index (χ3v) is 4.65. The van der Waals surface area contributed by atoms with Gasteiger partial charge in [0.05, 0.1) is 10.9 Å². The maximum Gasteiger partial charge on any atom is 0.336 e. The minimum Gasteiger partial charge on any atom is -0.459 e. The minimum absolute atomic E-state index is 0.281. The van der Waals surface area contributed by atoms with Crippen molar-refractivity contribution in [3.63, 3.8) is 0 Å². The summed E-state index contributed by atoms with van der Waals surface area (Å²) < 4.78 is 5.78. The van der Waals surface area contributed by atoms with E-state index in [2.05, 4.69) is 10.9 Å². The number of urea groups is 1. The number of benzene rings is 1. The van der Waals surface area contributed by atoms with Gasteiger partial charge in [0, 0.05) is 12.4 Å². The van der Waals surface area contributed by atoms with Gasteiger partial charge in [-0.1, -0.05) is 24.3 Å². The van der Waals surface area contributed by atoms with E-state index in [0.717, 1.165) is 11.0 Å². The molecule has 0 fully saturated rings. The van der Waals surface area contributed by atoms with Crippen molar-refractivity contribution in [3.05, 3.63) is 58.5 Å². The second-order valence-corrected chi connectivity index (χ2v) is 6.28. The summed E-state index contributed by atoms with van der Waals surface area (Å²) in [5, 5.41) is 2.78. The molecule has 2 heterocycles. The van der Waals surface area contributed by atoms with Crippen molar-refractivity contribution in [3.8, 4) is 0 Å². The number of nitrogens with zero attached hydrogens (tertiary/aromatic N) is 1. The minimum atomic E-state index is -0.423. The maximum atomic E-state index is 12.2. The third-order valence-electron chi connectivity index (χ3n) is 3.79. The van der Waals surface area contributed by atoms with E-state index in [9.17, 15) is 9.59 Å². The Morgan fingerprint density at radius 1 is 1.17 bits per heavy atom. The molecule has 1 unspecified atom stereocenters. The van der Waals surface area contributed by atoms with Crippen molar-refractivity contribution in [2.45, 2.75) is 13.0 Å². The number of hydrazine groups is 1. The molecule has 1 aromatic carbocycles. The smallest absolute Gasteiger partial charge is 0.336 e. The number of hydrogen-bond acceptors (Lipinski definition) is 4. The Kier molecular flexibility index (Phi) is 4.52. The van der Waals surface area contributed by atoms with Crippen LogP contribution in [0.25, 0.3) is 11.0 Å². The number of fused-ring (bicyclic) bond motifs is 1. The Balaban J connectivity index is 1.63. The number of amides is 3. The van der Waals surface area contributed by atoms with Crippen LogP contribution in [-0.4, -0.2) is 23.9 Å². The quantitative estimate of drug-likeness (QED) is 0.714. The first-order valence-electron chi connectivity index (χ1n) is 7.41. The molecule has 0 bridgehead atoms. The highest BCUT2D eigenvalue weighted by Gasteiger charge is 2.21. The molecule has 6 nitrogen and oxygen atoms in total. The second-order valence-electron chi connectivity index (χ2n) is 5.34. The standard InChI is InChI=1S/C17H17N3O3S/c1-11(14-10-12-6-3-4-7-13(12)23-14)20(2)17(22)19-18-16(21)15-8-5-9-24-15/h3-11H,1-2H3,(H,18,21)(H,19,22). The average molecular weight is 343 g/mol. The van der Waals surface area contributed by atoms with Gasteiger partial charge in [0.25, 0.3) is 5.91 Å². The lowest BCUT2D eigenvalue weighted by Crippen LogP contribution is -2.48. The van der Waals surface area contributed by atoms with Gasteiger partial charge in [0.15, 0.2) is 0 Å². The first-order valence-corrected chi connectivity index (χ1v) is 8.29. The van der Waals surface area contributed by atoms with Crippen LogP contribution in [0, 0.1) is 0 Å². The molecule has 3 aromatic rings. The normalized spacial score (nSPS) is 11.9. The number of furan rings is 1. The lowest BCUT2D eigenvalue weighted by Gasteiger charge is -2.23. The van der Waals surface area contributed by atoms with E-state index in [0.29, 0.717) is 10.6 Å². The molecule has 3 amide bonds. The zero-order valence-electron chi connectivity index (χ0n) is 13.3. The topological polar surface area (TPSA) is 74.6 Å². The molecule has 1 atom stereocenters. The van der Waals surface area contributed by atoms with E-state index >= 15 is 0 Å². The highest BCUT2D eigenvalue weighted by Crippen LogP contribution is 2.26. The molecular formula is C17H17N3O3S. The van der Waals surface area contributed by atoms with Crippen LogP contribution in [0.15, 0.2) is 52.3 Å². The molecule has 0 saturated carbocycles. The van der Waals surface area contributed by atoms with Gasteiger partial charge in [-0.05, 0) is 30.5 Å². The fourth-order valence-corrected chi connectivity index (χ4v) is 2.86. The summed E-state index contributed by atoms with van der Waals surface area (Å²) in [7, 11) is 1.64. The summed E-state index contributed by atoms with van der Waals surface area (Å²) >= 11 is 1.30. The van der Waals surface area contributed by atoms with Gasteiger partial charge >= 0.3 is 6.03 Å². The fourth-order valence-electron chi connectivity index (χ4n) is 2.24. The molecule has 0 aliphatic heterocycles. The predicted molar refractivity (Wildman–Crippen MR) is 92.7 cm³/mol. The van der Waals surface area contributed by atoms with Crippen LogP contribution < -0.4 is 10.9 Å². The number of para-hydroxylation sites is 1. The van der Waals surface area contributed by atoms with Crippen LogP contribution in [0.5, 0.6) is 0 Å². The molecule has 7 heteroatoms. The van der Waals surface area contributed by atoms with Crippen LogP contribution in [0.1, 0.15) is 28.4 Å². The van der Waals surface area contributed by atoms with E-state index in [1.807, 2.05) is 37.3 Å². The number of carbonyl (C=O) groups excluding carboxylic acids is 2. The molecular weight excluding hydrogens is 326 g/mol. The van der Waals surface area contributed by atoms with Gasteiger partial charge in [-0.15, -0.1) is 11.3 Å². The first-order chi connectivity index (χ1) is 11.6. The van der Waals surface area contributed by atoms with Crippen molar-refractivity contribution in [2.75, 3.05) is 7.05 Å². The second kappa shape index (κ2) is 6.76. The van der Waals surface area contributed by atoms with Crippen molar-refractivity contribution >= 4 is 34.2 Å². The largest absolute Gasteiger partial charge is 0.459 e. The van der Waals surface area contributed by atoms with Gasteiger partial charge in [0.2, 0.25) is 0 Å². The Morgan fingerprint density at radius 3 is 2.67 bits per heavy atom. The van der Waals surface area contributed by atoms with Crippen LogP contribution >= 0.6 is 11.3 Å². The highest BCUT2D eigenvalue weighted by molar-refractivity contribution is 7.12. The molecule has 124 valence electrons. The molecule has 0 radical (unpaired) electrons. The summed E-state index contributed by atoms with van der Waals surface area (Å²) in [6.45, 7) is 1.86.